The second-order valence-electron chi connectivity index (χ2n) is 7.73. The van der Waals surface area contributed by atoms with Gasteiger partial charge in [0.2, 0.25) is 5.91 Å². The Balaban J connectivity index is 0.00000218. The van der Waals surface area contributed by atoms with E-state index in [0.29, 0.717) is 32.7 Å². The Morgan fingerprint density at radius 1 is 1.13 bits per heavy atom. The van der Waals surface area contributed by atoms with Crippen molar-refractivity contribution in [1.82, 2.24) is 5.32 Å². The summed E-state index contributed by atoms with van der Waals surface area (Å²) in [6.07, 6.45) is 2.19. The average molecular weight is 426 g/mol. The van der Waals surface area contributed by atoms with Gasteiger partial charge in [0, 0.05) is 43.2 Å². The van der Waals surface area contributed by atoms with Crippen LogP contribution < -0.4 is 19.7 Å². The van der Waals surface area contributed by atoms with E-state index in [1.54, 1.807) is 0 Å². The third-order valence-corrected chi connectivity index (χ3v) is 6.11. The molecule has 0 aliphatic carbocycles. The number of para-hydroxylation sites is 1. The number of nitriles is 1. The fourth-order valence-electron chi connectivity index (χ4n) is 4.70. The summed E-state index contributed by atoms with van der Waals surface area (Å²) in [7, 11) is 0. The fourth-order valence-corrected chi connectivity index (χ4v) is 4.70. The molecule has 1 amide bonds. The van der Waals surface area contributed by atoms with Crippen molar-refractivity contribution < 1.29 is 14.3 Å². The molecule has 1 atom stereocenters. The summed E-state index contributed by atoms with van der Waals surface area (Å²) >= 11 is 0. The molecule has 2 aromatic carbocycles. The Hall–Kier alpha value is -2.75. The van der Waals surface area contributed by atoms with E-state index in [4.69, 9.17) is 14.7 Å². The molecule has 2 aromatic rings. The number of nitrogens with one attached hydrogen (secondary N) is 1. The summed E-state index contributed by atoms with van der Waals surface area (Å²) in [6, 6.07) is 14.3. The first kappa shape index (κ1) is 20.5. The second kappa shape index (κ2) is 8.17. The predicted molar refractivity (Wildman–Crippen MR) is 116 cm³/mol. The lowest BCUT2D eigenvalue weighted by Gasteiger charge is -2.23. The van der Waals surface area contributed by atoms with E-state index in [9.17, 15) is 4.79 Å². The Labute approximate surface area is 182 Å². The SMILES string of the molecule is Cl.N#CCCNCCCN1C(=O)C2(COc3cc4c(cc32)CCO4)c2ccccc21. The van der Waals surface area contributed by atoms with Gasteiger partial charge in [0.15, 0.2) is 0 Å². The topological polar surface area (TPSA) is 74.6 Å². The maximum absolute atomic E-state index is 13.8. The molecule has 1 spiro atoms. The smallest absolute Gasteiger partial charge is 0.245 e. The van der Waals surface area contributed by atoms with Crippen molar-refractivity contribution in [2.75, 3.05) is 37.7 Å². The van der Waals surface area contributed by atoms with Crippen LogP contribution in [0, 0.1) is 11.3 Å². The zero-order valence-electron chi connectivity index (χ0n) is 16.6. The molecule has 6 nitrogen and oxygen atoms in total. The highest BCUT2D eigenvalue weighted by Crippen LogP contribution is 2.53. The Morgan fingerprint density at radius 3 is 2.87 bits per heavy atom. The van der Waals surface area contributed by atoms with Crippen molar-refractivity contribution in [3.8, 4) is 17.6 Å². The van der Waals surface area contributed by atoms with E-state index >= 15 is 0 Å². The summed E-state index contributed by atoms with van der Waals surface area (Å²) in [5.74, 6) is 1.72. The number of hydrogen-bond donors (Lipinski definition) is 1. The molecule has 0 aromatic heterocycles. The molecule has 3 heterocycles. The Kier molecular flexibility index (Phi) is 5.59. The number of anilines is 1. The quantitative estimate of drug-likeness (QED) is 0.720. The first-order chi connectivity index (χ1) is 14.3. The molecule has 0 radical (unpaired) electrons. The van der Waals surface area contributed by atoms with Gasteiger partial charge in [-0.2, -0.15) is 5.26 Å². The van der Waals surface area contributed by atoms with Crippen LogP contribution in [0.4, 0.5) is 5.69 Å². The van der Waals surface area contributed by atoms with Crippen LogP contribution in [-0.4, -0.2) is 38.8 Å². The molecule has 1 unspecified atom stereocenters. The minimum absolute atomic E-state index is 0. The summed E-state index contributed by atoms with van der Waals surface area (Å²) in [5.41, 5.74) is 3.35. The number of hydrogen-bond acceptors (Lipinski definition) is 5. The monoisotopic (exact) mass is 425 g/mol. The first-order valence-corrected chi connectivity index (χ1v) is 10.2. The molecule has 7 heteroatoms. The molecule has 3 aliphatic heterocycles. The number of ether oxygens (including phenoxy) is 2. The van der Waals surface area contributed by atoms with Crippen molar-refractivity contribution in [2.45, 2.75) is 24.7 Å². The van der Waals surface area contributed by atoms with Crippen LogP contribution in [0.3, 0.4) is 0 Å². The van der Waals surface area contributed by atoms with Gasteiger partial charge in [0.05, 0.1) is 12.7 Å². The normalized spacial score (nSPS) is 20.1. The Morgan fingerprint density at radius 2 is 2.00 bits per heavy atom. The van der Waals surface area contributed by atoms with Crippen LogP contribution in [0.5, 0.6) is 11.5 Å². The van der Waals surface area contributed by atoms with E-state index in [-0.39, 0.29) is 18.3 Å². The maximum Gasteiger partial charge on any atom is 0.245 e. The summed E-state index contributed by atoms with van der Waals surface area (Å²) < 4.78 is 11.7. The van der Waals surface area contributed by atoms with Crippen LogP contribution in [0.25, 0.3) is 0 Å². The lowest BCUT2D eigenvalue weighted by Crippen LogP contribution is -2.43. The zero-order chi connectivity index (χ0) is 19.8. The zero-order valence-corrected chi connectivity index (χ0v) is 17.5. The number of amides is 1. The molecule has 1 N–H and O–H groups in total. The lowest BCUT2D eigenvalue weighted by molar-refractivity contribution is -0.122. The van der Waals surface area contributed by atoms with Gasteiger partial charge < -0.3 is 19.7 Å². The van der Waals surface area contributed by atoms with Gasteiger partial charge in [-0.15, -0.1) is 12.4 Å². The van der Waals surface area contributed by atoms with Crippen LogP contribution >= 0.6 is 12.4 Å². The number of rotatable bonds is 6. The molecule has 30 heavy (non-hydrogen) atoms. The lowest BCUT2D eigenvalue weighted by atomic mass is 9.76. The van der Waals surface area contributed by atoms with E-state index in [1.165, 1.54) is 0 Å². The standard InChI is InChI=1S/C23H23N3O3.ClH/c24-8-3-9-25-10-4-11-26-19-6-2-1-5-17(19)23(22(26)27)15-29-21-14-20-16(7-12-28-20)13-18(21)23;/h1-2,5-6,13-14,25H,3-4,7,9-12,15H2;1H. The van der Waals surface area contributed by atoms with E-state index in [1.807, 2.05) is 29.2 Å². The van der Waals surface area contributed by atoms with Gasteiger partial charge in [0.25, 0.3) is 0 Å². The van der Waals surface area contributed by atoms with Crippen molar-refractivity contribution in [1.29, 1.82) is 5.26 Å². The van der Waals surface area contributed by atoms with Gasteiger partial charge in [-0.3, -0.25) is 4.79 Å². The molecular weight excluding hydrogens is 402 g/mol. The highest BCUT2D eigenvalue weighted by Gasteiger charge is 2.56. The minimum atomic E-state index is -0.766. The fraction of sp³-hybridized carbons (Fsp3) is 0.391. The highest BCUT2D eigenvalue weighted by molar-refractivity contribution is 6.11. The van der Waals surface area contributed by atoms with Gasteiger partial charge in [-0.25, -0.2) is 0 Å². The molecule has 156 valence electrons. The van der Waals surface area contributed by atoms with E-state index in [0.717, 1.165) is 53.3 Å². The number of carbonyl (C=O) groups is 1. The summed E-state index contributed by atoms with van der Waals surface area (Å²) in [4.78, 5) is 15.7. The van der Waals surface area contributed by atoms with Crippen molar-refractivity contribution >= 4 is 24.0 Å². The molecule has 3 aliphatic rings. The van der Waals surface area contributed by atoms with Crippen LogP contribution in [0.15, 0.2) is 36.4 Å². The van der Waals surface area contributed by atoms with Crippen LogP contribution in [0.2, 0.25) is 0 Å². The van der Waals surface area contributed by atoms with E-state index in [2.05, 4.69) is 23.5 Å². The van der Waals surface area contributed by atoms with Crippen molar-refractivity contribution in [2.24, 2.45) is 0 Å². The number of fused-ring (bicyclic) bond motifs is 5. The van der Waals surface area contributed by atoms with Crippen molar-refractivity contribution in [3.05, 3.63) is 53.1 Å². The maximum atomic E-state index is 13.8. The van der Waals surface area contributed by atoms with Crippen molar-refractivity contribution in [3.63, 3.8) is 0 Å². The molecule has 0 bridgehead atoms. The summed E-state index contributed by atoms with van der Waals surface area (Å²) in [6.45, 7) is 3.11. The molecule has 0 saturated carbocycles. The van der Waals surface area contributed by atoms with Gasteiger partial charge >= 0.3 is 0 Å². The summed E-state index contributed by atoms with van der Waals surface area (Å²) in [5, 5.41) is 11.9. The van der Waals surface area contributed by atoms with Gasteiger partial charge in [-0.05, 0) is 36.2 Å². The highest BCUT2D eigenvalue weighted by atomic mass is 35.5. The number of halogens is 1. The minimum Gasteiger partial charge on any atom is -0.493 e. The number of carbonyl (C=O) groups excluding carboxylic acids is 1. The molecular formula is C23H24ClN3O3. The molecule has 5 rings (SSSR count). The molecule has 0 fully saturated rings. The van der Waals surface area contributed by atoms with Crippen LogP contribution in [-0.2, 0) is 16.6 Å². The third-order valence-electron chi connectivity index (χ3n) is 6.11. The molecule has 0 saturated heterocycles. The average Bonchev–Trinajstić information content (AvgIpc) is 3.41. The predicted octanol–water partition coefficient (Wildman–Crippen LogP) is 2.96. The Bertz CT molecular complexity index is 1020. The number of nitrogens with zero attached hydrogens (tertiary/aromatic N) is 2. The second-order valence-corrected chi connectivity index (χ2v) is 7.73. The first-order valence-electron chi connectivity index (χ1n) is 10.2. The van der Waals surface area contributed by atoms with Gasteiger partial charge in [0.1, 0.15) is 23.5 Å². The largest absolute Gasteiger partial charge is 0.493 e. The van der Waals surface area contributed by atoms with Gasteiger partial charge in [-0.1, -0.05) is 18.2 Å². The third kappa shape index (κ3) is 3.01. The van der Waals surface area contributed by atoms with E-state index < -0.39 is 5.41 Å². The van der Waals surface area contributed by atoms with Crippen LogP contribution in [0.1, 0.15) is 29.5 Å². The number of benzene rings is 2.